The number of piperazine rings is 1. The number of nitrogens with one attached hydrogen (secondary N) is 1. The first-order chi connectivity index (χ1) is 9.29. The largest absolute Gasteiger partial charge is 0.384 e. The maximum Gasteiger partial charge on any atom is 0.258 e. The summed E-state index contributed by atoms with van der Waals surface area (Å²) < 4.78 is -1.97. The highest BCUT2D eigenvalue weighted by Crippen LogP contribution is 2.38. The first-order valence-corrected chi connectivity index (χ1v) is 7.20. The van der Waals surface area contributed by atoms with E-state index in [0.29, 0.717) is 5.95 Å². The van der Waals surface area contributed by atoms with Crippen molar-refractivity contribution in [2.24, 2.45) is 0 Å². The summed E-state index contributed by atoms with van der Waals surface area (Å²) in [5, 5.41) is 9.80. The monoisotopic (exact) mass is 340 g/mol. The van der Waals surface area contributed by atoms with Gasteiger partial charge in [0.25, 0.3) is 5.56 Å². The van der Waals surface area contributed by atoms with E-state index in [0.717, 1.165) is 26.2 Å². The van der Waals surface area contributed by atoms with E-state index in [9.17, 15) is 9.90 Å². The topological polar surface area (TPSA) is 72.5 Å². The van der Waals surface area contributed by atoms with E-state index < -0.39 is 15.5 Å². The summed E-state index contributed by atoms with van der Waals surface area (Å²) in [5.74, 6) is 0.461. The Hall–Kier alpha value is -0.530. The van der Waals surface area contributed by atoms with Crippen LogP contribution in [0.25, 0.3) is 0 Å². The van der Waals surface area contributed by atoms with Gasteiger partial charge in [-0.3, -0.25) is 9.78 Å². The van der Waals surface area contributed by atoms with Gasteiger partial charge in [0, 0.05) is 32.4 Å². The van der Waals surface area contributed by atoms with Crippen LogP contribution in [0.5, 0.6) is 0 Å². The Bertz CT molecular complexity index is 523. The predicted molar refractivity (Wildman–Crippen MR) is 79.8 cm³/mol. The van der Waals surface area contributed by atoms with Gasteiger partial charge >= 0.3 is 0 Å². The maximum atomic E-state index is 12.0. The molecule has 0 spiro atoms. The van der Waals surface area contributed by atoms with Crippen LogP contribution in [0.15, 0.2) is 11.0 Å². The summed E-state index contributed by atoms with van der Waals surface area (Å²) in [6.07, 6.45) is -0.274. The van der Waals surface area contributed by atoms with Crippen LogP contribution >= 0.6 is 34.8 Å². The minimum Gasteiger partial charge on any atom is -0.384 e. The number of halogens is 3. The number of H-pyrrole nitrogens is 1. The molecule has 2 rings (SSSR count). The highest BCUT2D eigenvalue weighted by Gasteiger charge is 2.34. The van der Waals surface area contributed by atoms with Gasteiger partial charge in [0.2, 0.25) is 9.74 Å². The molecule has 2 heterocycles. The van der Waals surface area contributed by atoms with Crippen molar-refractivity contribution in [1.29, 1.82) is 0 Å². The second-order valence-corrected chi connectivity index (χ2v) is 7.09. The van der Waals surface area contributed by atoms with Crippen molar-refractivity contribution in [1.82, 2.24) is 14.9 Å². The minimum atomic E-state index is -1.97. The second kappa shape index (κ2) is 6.07. The molecular weight excluding hydrogens is 327 g/mol. The molecular formula is C11H15Cl3N4O2. The van der Waals surface area contributed by atoms with E-state index in [1.807, 2.05) is 11.9 Å². The van der Waals surface area contributed by atoms with E-state index in [1.165, 1.54) is 6.20 Å². The van der Waals surface area contributed by atoms with Crippen molar-refractivity contribution in [3.8, 4) is 0 Å². The molecule has 1 aliphatic heterocycles. The predicted octanol–water partition coefficient (Wildman–Crippen LogP) is 0.925. The van der Waals surface area contributed by atoms with Crippen LogP contribution in [0, 0.1) is 0 Å². The van der Waals surface area contributed by atoms with Crippen LogP contribution < -0.4 is 10.5 Å². The molecule has 0 saturated carbocycles. The summed E-state index contributed by atoms with van der Waals surface area (Å²) in [7, 11) is 2.04. The fourth-order valence-corrected chi connectivity index (χ4v) is 2.30. The van der Waals surface area contributed by atoms with Gasteiger partial charge in [0.05, 0.1) is 5.56 Å². The third-order valence-electron chi connectivity index (χ3n) is 3.22. The van der Waals surface area contributed by atoms with Gasteiger partial charge in [-0.2, -0.15) is 0 Å². The van der Waals surface area contributed by atoms with Crippen molar-refractivity contribution in [2.45, 2.75) is 9.90 Å². The van der Waals surface area contributed by atoms with Crippen molar-refractivity contribution >= 4 is 40.8 Å². The van der Waals surface area contributed by atoms with Gasteiger partial charge in [-0.1, -0.05) is 34.8 Å². The number of anilines is 1. The number of rotatable bonds is 2. The molecule has 112 valence electrons. The number of aliphatic hydroxyl groups is 1. The van der Waals surface area contributed by atoms with Gasteiger partial charge in [-0.15, -0.1) is 0 Å². The number of aromatic nitrogens is 2. The summed E-state index contributed by atoms with van der Waals surface area (Å²) in [6, 6.07) is 0. The Labute approximate surface area is 131 Å². The zero-order chi connectivity index (χ0) is 14.9. The van der Waals surface area contributed by atoms with E-state index in [4.69, 9.17) is 34.8 Å². The first-order valence-electron chi connectivity index (χ1n) is 6.06. The summed E-state index contributed by atoms with van der Waals surface area (Å²) >= 11 is 16.7. The van der Waals surface area contributed by atoms with E-state index in [2.05, 4.69) is 14.9 Å². The molecule has 2 N–H and O–H groups in total. The van der Waals surface area contributed by atoms with E-state index in [1.54, 1.807) is 0 Å². The number of hydrogen-bond acceptors (Lipinski definition) is 5. The first kappa shape index (κ1) is 15.9. The Morgan fingerprint density at radius 1 is 1.35 bits per heavy atom. The molecule has 0 aliphatic carbocycles. The standard InChI is InChI=1S/C11H15Cl3N4O2/c1-17-2-4-18(5-3-17)10-15-6-7(9(20)16-10)8(19)11(12,13)14/h6,8,19H,2-5H2,1H3,(H,15,16,20). The molecule has 1 aromatic rings. The summed E-state index contributed by atoms with van der Waals surface area (Å²) in [4.78, 5) is 22.9. The zero-order valence-corrected chi connectivity index (χ0v) is 13.1. The summed E-state index contributed by atoms with van der Waals surface area (Å²) in [6.45, 7) is 3.32. The third-order valence-corrected chi connectivity index (χ3v) is 3.84. The lowest BCUT2D eigenvalue weighted by atomic mass is 10.2. The van der Waals surface area contributed by atoms with Crippen LogP contribution in [0.1, 0.15) is 11.7 Å². The molecule has 1 saturated heterocycles. The number of alkyl halides is 3. The number of aliphatic hydroxyl groups excluding tert-OH is 1. The number of hydrogen-bond donors (Lipinski definition) is 2. The van der Waals surface area contributed by atoms with Crippen molar-refractivity contribution in [2.75, 3.05) is 38.1 Å². The SMILES string of the molecule is CN1CCN(c2ncc(C(O)C(Cl)(Cl)Cl)c(=O)[nH]2)CC1. The molecule has 6 nitrogen and oxygen atoms in total. The molecule has 1 aromatic heterocycles. The van der Waals surface area contributed by atoms with E-state index >= 15 is 0 Å². The molecule has 9 heteroatoms. The van der Waals surface area contributed by atoms with Gasteiger partial charge in [0.1, 0.15) is 6.10 Å². The van der Waals surface area contributed by atoms with Crippen LogP contribution in [0.4, 0.5) is 5.95 Å². The smallest absolute Gasteiger partial charge is 0.258 e. The number of nitrogens with zero attached hydrogens (tertiary/aromatic N) is 3. The Morgan fingerprint density at radius 3 is 2.45 bits per heavy atom. The quantitative estimate of drug-likeness (QED) is 0.783. The van der Waals surface area contributed by atoms with E-state index in [-0.39, 0.29) is 5.56 Å². The Balaban J connectivity index is 2.20. The normalized spacial score (nSPS) is 19.1. The molecule has 1 atom stereocenters. The molecule has 0 amide bonds. The highest BCUT2D eigenvalue weighted by atomic mass is 35.6. The second-order valence-electron chi connectivity index (χ2n) is 4.73. The molecule has 1 fully saturated rings. The fourth-order valence-electron chi connectivity index (χ4n) is 1.95. The van der Waals surface area contributed by atoms with Crippen LogP contribution in [0.2, 0.25) is 0 Å². The molecule has 0 bridgehead atoms. The molecule has 20 heavy (non-hydrogen) atoms. The lowest BCUT2D eigenvalue weighted by Gasteiger charge is -2.32. The van der Waals surface area contributed by atoms with Gasteiger partial charge < -0.3 is 14.9 Å². The fraction of sp³-hybridized carbons (Fsp3) is 0.636. The molecule has 1 unspecified atom stereocenters. The Morgan fingerprint density at radius 2 is 1.95 bits per heavy atom. The van der Waals surface area contributed by atoms with Crippen LogP contribution in [0.3, 0.4) is 0 Å². The Kier molecular flexibility index (Phi) is 4.81. The van der Waals surface area contributed by atoms with Gasteiger partial charge in [-0.05, 0) is 7.05 Å². The summed E-state index contributed by atoms with van der Waals surface area (Å²) in [5.41, 5.74) is -0.573. The molecule has 0 radical (unpaired) electrons. The number of aromatic amines is 1. The minimum absolute atomic E-state index is 0.0668. The molecule has 0 aromatic carbocycles. The average molecular weight is 342 g/mol. The lowest BCUT2D eigenvalue weighted by molar-refractivity contribution is 0.180. The van der Waals surface area contributed by atoms with Gasteiger partial charge in [0.15, 0.2) is 0 Å². The van der Waals surface area contributed by atoms with Crippen molar-refractivity contribution < 1.29 is 5.11 Å². The van der Waals surface area contributed by atoms with Crippen LogP contribution in [-0.4, -0.2) is 57.0 Å². The van der Waals surface area contributed by atoms with Crippen LogP contribution in [-0.2, 0) is 0 Å². The molecule has 1 aliphatic rings. The third kappa shape index (κ3) is 3.56. The lowest BCUT2D eigenvalue weighted by Crippen LogP contribution is -2.45. The van der Waals surface area contributed by atoms with Crippen molar-refractivity contribution in [3.05, 3.63) is 22.1 Å². The van der Waals surface area contributed by atoms with Gasteiger partial charge in [-0.25, -0.2) is 4.98 Å². The zero-order valence-electron chi connectivity index (χ0n) is 10.8. The maximum absolute atomic E-state index is 12.0. The number of likely N-dealkylation sites (N-methyl/N-ethyl adjacent to an activating group) is 1. The average Bonchev–Trinajstić information content (AvgIpc) is 2.37. The highest BCUT2D eigenvalue weighted by molar-refractivity contribution is 6.68. The van der Waals surface area contributed by atoms with Crippen molar-refractivity contribution in [3.63, 3.8) is 0 Å².